The molecule has 0 aliphatic carbocycles. The van der Waals surface area contributed by atoms with Gasteiger partial charge in [-0.3, -0.25) is 13.8 Å². The zero-order chi connectivity index (χ0) is 27.4. The summed E-state index contributed by atoms with van der Waals surface area (Å²) in [6, 6.07) is 15.4. The summed E-state index contributed by atoms with van der Waals surface area (Å²) in [5.74, 6) is 0.175. The molecule has 0 aliphatic heterocycles. The second-order valence-corrected chi connectivity index (χ2v) is 11.8. The molecule has 0 fully saturated rings. The van der Waals surface area contributed by atoms with Crippen LogP contribution in [0, 0.1) is 13.8 Å². The minimum atomic E-state index is -3.99. The van der Waals surface area contributed by atoms with Crippen LogP contribution < -0.4 is 23.8 Å². The molecule has 37 heavy (non-hydrogen) atoms. The summed E-state index contributed by atoms with van der Waals surface area (Å²) in [5.41, 5.74) is 2.56. The Hall–Kier alpha value is -3.77. The number of aryl methyl sites for hydroxylation is 1. The first-order valence-electron chi connectivity index (χ1n) is 11.0. The summed E-state index contributed by atoms with van der Waals surface area (Å²) in [5, 5.41) is 2.61. The van der Waals surface area contributed by atoms with E-state index in [4.69, 9.17) is 9.47 Å². The average Bonchev–Trinajstić information content (AvgIpc) is 2.84. The van der Waals surface area contributed by atoms with Gasteiger partial charge in [-0.1, -0.05) is 12.1 Å². The summed E-state index contributed by atoms with van der Waals surface area (Å²) < 4.78 is 64.5. The van der Waals surface area contributed by atoms with Crippen LogP contribution in [-0.2, 0) is 24.8 Å². The number of methoxy groups -OCH3 is 2. The first-order valence-corrected chi connectivity index (χ1v) is 14.4. The highest BCUT2D eigenvalue weighted by atomic mass is 32.2. The molecule has 0 spiro atoms. The third-order valence-electron chi connectivity index (χ3n) is 5.63. The normalized spacial score (nSPS) is 11.5. The van der Waals surface area contributed by atoms with E-state index in [1.807, 2.05) is 13.0 Å². The molecular weight excluding hydrogens is 518 g/mol. The lowest BCUT2D eigenvalue weighted by molar-refractivity contribution is -0.114. The van der Waals surface area contributed by atoms with Crippen molar-refractivity contribution in [2.24, 2.45) is 0 Å². The zero-order valence-corrected chi connectivity index (χ0v) is 22.7. The highest BCUT2D eigenvalue weighted by Crippen LogP contribution is 2.31. The number of nitrogens with one attached hydrogen (secondary N) is 2. The third-order valence-corrected chi connectivity index (χ3v) is 8.14. The molecule has 3 aromatic carbocycles. The van der Waals surface area contributed by atoms with Crippen LogP contribution in [0.1, 0.15) is 11.1 Å². The van der Waals surface area contributed by atoms with Gasteiger partial charge in [-0.05, 0) is 67.4 Å². The fourth-order valence-corrected chi connectivity index (χ4v) is 5.50. The van der Waals surface area contributed by atoms with Gasteiger partial charge in [0, 0.05) is 11.8 Å². The predicted octanol–water partition coefficient (Wildman–Crippen LogP) is 3.53. The minimum absolute atomic E-state index is 0.0523. The first-order chi connectivity index (χ1) is 17.4. The number of carbonyl (C=O) groups is 1. The number of nitrogens with zero attached hydrogens (tertiary/aromatic N) is 1. The summed E-state index contributed by atoms with van der Waals surface area (Å²) in [7, 11) is -4.85. The van der Waals surface area contributed by atoms with Crippen LogP contribution in [0.4, 0.5) is 17.1 Å². The summed E-state index contributed by atoms with van der Waals surface area (Å²) in [6.45, 7) is 3.20. The Balaban J connectivity index is 1.76. The van der Waals surface area contributed by atoms with E-state index in [0.29, 0.717) is 22.9 Å². The Bertz CT molecular complexity index is 1500. The van der Waals surface area contributed by atoms with Gasteiger partial charge in [0.05, 0.1) is 36.7 Å². The lowest BCUT2D eigenvalue weighted by Gasteiger charge is -2.24. The van der Waals surface area contributed by atoms with Crippen LogP contribution in [0.5, 0.6) is 11.5 Å². The summed E-state index contributed by atoms with van der Waals surface area (Å²) in [6.07, 6.45) is 1.03. The van der Waals surface area contributed by atoms with E-state index in [2.05, 4.69) is 10.0 Å². The zero-order valence-electron chi connectivity index (χ0n) is 21.1. The molecule has 3 rings (SSSR count). The van der Waals surface area contributed by atoms with Gasteiger partial charge >= 0.3 is 0 Å². The number of amides is 1. The monoisotopic (exact) mass is 547 g/mol. The second kappa shape index (κ2) is 11.1. The van der Waals surface area contributed by atoms with Crippen molar-refractivity contribution in [2.75, 3.05) is 41.4 Å². The number of ether oxygens (including phenoxy) is 2. The summed E-state index contributed by atoms with van der Waals surface area (Å²) >= 11 is 0. The molecule has 0 radical (unpaired) electrons. The lowest BCUT2D eigenvalue weighted by atomic mass is 10.1. The summed E-state index contributed by atoms with van der Waals surface area (Å²) in [4.78, 5) is 12.7. The molecule has 3 aromatic rings. The van der Waals surface area contributed by atoms with Gasteiger partial charge in [-0.15, -0.1) is 0 Å². The molecule has 0 unspecified atom stereocenters. The number of hydrogen-bond acceptors (Lipinski definition) is 7. The Morgan fingerprint density at radius 2 is 1.59 bits per heavy atom. The van der Waals surface area contributed by atoms with E-state index in [-0.39, 0.29) is 10.6 Å². The highest BCUT2D eigenvalue weighted by molar-refractivity contribution is 7.92. The number of benzene rings is 3. The maximum absolute atomic E-state index is 12.9. The van der Waals surface area contributed by atoms with Gasteiger partial charge in [-0.25, -0.2) is 16.8 Å². The SMILES string of the molecule is COc1ccc(OC)c(NS(=O)(=O)c2ccc(NC(=O)CN(c3cccc(C)c3C)S(C)(=O)=O)cc2)c1. The van der Waals surface area contributed by atoms with Crippen molar-refractivity contribution in [3.63, 3.8) is 0 Å². The van der Waals surface area contributed by atoms with Gasteiger partial charge < -0.3 is 14.8 Å². The Morgan fingerprint density at radius 1 is 0.919 bits per heavy atom. The molecule has 12 heteroatoms. The number of sulfonamides is 2. The highest BCUT2D eigenvalue weighted by Gasteiger charge is 2.23. The van der Waals surface area contributed by atoms with Crippen molar-refractivity contribution in [2.45, 2.75) is 18.7 Å². The van der Waals surface area contributed by atoms with Crippen molar-refractivity contribution < 1.29 is 31.1 Å². The Kier molecular flexibility index (Phi) is 8.34. The molecule has 198 valence electrons. The van der Waals surface area contributed by atoms with E-state index in [1.165, 1.54) is 44.6 Å². The fourth-order valence-electron chi connectivity index (χ4n) is 3.53. The average molecular weight is 548 g/mol. The maximum Gasteiger partial charge on any atom is 0.262 e. The van der Waals surface area contributed by atoms with E-state index in [0.717, 1.165) is 21.7 Å². The Labute approximate surface area is 217 Å². The number of anilines is 3. The minimum Gasteiger partial charge on any atom is -0.497 e. The van der Waals surface area contributed by atoms with Crippen molar-refractivity contribution >= 4 is 43.0 Å². The number of carbonyl (C=O) groups excluding carboxylic acids is 1. The molecule has 0 heterocycles. The van der Waals surface area contributed by atoms with Gasteiger partial charge in [0.15, 0.2) is 0 Å². The quantitative estimate of drug-likeness (QED) is 0.397. The molecule has 1 amide bonds. The van der Waals surface area contributed by atoms with Crippen molar-refractivity contribution in [3.05, 3.63) is 71.8 Å². The van der Waals surface area contributed by atoms with Gasteiger partial charge in [-0.2, -0.15) is 0 Å². The molecule has 0 saturated heterocycles. The molecule has 0 saturated carbocycles. The predicted molar refractivity (Wildman–Crippen MR) is 144 cm³/mol. The molecule has 0 bridgehead atoms. The standard InChI is InChI=1S/C25H29N3O7S2/c1-17-7-6-8-23(18(17)2)28(36(5,30)31)16-25(29)26-19-9-12-21(13-10-19)37(32,33)27-22-15-20(34-3)11-14-24(22)35-4/h6-15,27H,16H2,1-5H3,(H,26,29). The van der Waals surface area contributed by atoms with Crippen LogP contribution in [0.3, 0.4) is 0 Å². The van der Waals surface area contributed by atoms with Crippen LogP contribution in [-0.4, -0.2) is 49.8 Å². The third kappa shape index (κ3) is 6.71. The van der Waals surface area contributed by atoms with Crippen LogP contribution >= 0.6 is 0 Å². The van der Waals surface area contributed by atoms with E-state index in [1.54, 1.807) is 31.2 Å². The van der Waals surface area contributed by atoms with E-state index < -0.39 is 32.5 Å². The molecule has 2 N–H and O–H groups in total. The first kappa shape index (κ1) is 27.8. The van der Waals surface area contributed by atoms with Crippen LogP contribution in [0.25, 0.3) is 0 Å². The smallest absolute Gasteiger partial charge is 0.262 e. The van der Waals surface area contributed by atoms with Gasteiger partial charge in [0.2, 0.25) is 15.9 Å². The number of hydrogen-bond donors (Lipinski definition) is 2. The van der Waals surface area contributed by atoms with Gasteiger partial charge in [0.1, 0.15) is 18.0 Å². The number of rotatable bonds is 10. The fraction of sp³-hybridized carbons (Fsp3) is 0.240. The van der Waals surface area contributed by atoms with E-state index >= 15 is 0 Å². The van der Waals surface area contributed by atoms with Crippen molar-refractivity contribution in [3.8, 4) is 11.5 Å². The second-order valence-electron chi connectivity index (χ2n) is 8.23. The van der Waals surface area contributed by atoms with Gasteiger partial charge in [0.25, 0.3) is 10.0 Å². The Morgan fingerprint density at radius 3 is 2.19 bits per heavy atom. The van der Waals surface area contributed by atoms with Crippen molar-refractivity contribution in [1.82, 2.24) is 0 Å². The molecule has 0 aromatic heterocycles. The molecule has 10 nitrogen and oxygen atoms in total. The van der Waals surface area contributed by atoms with Crippen LogP contribution in [0.15, 0.2) is 65.6 Å². The molecule has 0 aliphatic rings. The molecule has 0 atom stereocenters. The lowest BCUT2D eigenvalue weighted by Crippen LogP contribution is -2.38. The molecular formula is C25H29N3O7S2. The van der Waals surface area contributed by atoms with Crippen molar-refractivity contribution in [1.29, 1.82) is 0 Å². The van der Waals surface area contributed by atoms with Crippen LogP contribution in [0.2, 0.25) is 0 Å². The maximum atomic E-state index is 12.9. The topological polar surface area (TPSA) is 131 Å². The van der Waals surface area contributed by atoms with E-state index in [9.17, 15) is 21.6 Å². The largest absolute Gasteiger partial charge is 0.497 e.